The van der Waals surface area contributed by atoms with Crippen molar-refractivity contribution in [1.29, 1.82) is 0 Å². The van der Waals surface area contributed by atoms with Crippen molar-refractivity contribution in [2.24, 2.45) is 5.14 Å². The van der Waals surface area contributed by atoms with Crippen LogP contribution in [0.25, 0.3) is 0 Å². The van der Waals surface area contributed by atoms with E-state index < -0.39 is 15.9 Å². The van der Waals surface area contributed by atoms with E-state index in [0.29, 0.717) is 6.54 Å². The third-order valence-electron chi connectivity index (χ3n) is 1.99. The number of amides is 1. The van der Waals surface area contributed by atoms with Gasteiger partial charge in [0.25, 0.3) is 5.91 Å². The molecule has 0 saturated heterocycles. The lowest BCUT2D eigenvalue weighted by molar-refractivity contribution is 0.0769. The Hall–Kier alpha value is -0.860. The molecule has 0 saturated carbocycles. The van der Waals surface area contributed by atoms with Crippen molar-refractivity contribution < 1.29 is 17.6 Å². The fraction of sp³-hybridized carbons (Fsp3) is 0.375. The summed E-state index contributed by atoms with van der Waals surface area (Å²) in [5, 5.41) is 4.94. The predicted octanol–water partition coefficient (Wildman–Crippen LogP) is 0.781. The Balaban J connectivity index is 3.17. The summed E-state index contributed by atoms with van der Waals surface area (Å²) in [6.45, 7) is 2.28. The van der Waals surface area contributed by atoms with E-state index in [9.17, 15) is 13.2 Å². The Bertz CT molecular complexity index is 508. The van der Waals surface area contributed by atoms with Gasteiger partial charge in [-0.25, -0.2) is 13.6 Å². The number of rotatable bonds is 3. The second-order valence-electron chi connectivity index (χ2n) is 3.11. The zero-order valence-electron chi connectivity index (χ0n) is 8.73. The number of hydrogen-bond donors (Lipinski definition) is 1. The van der Waals surface area contributed by atoms with Gasteiger partial charge >= 0.3 is 0 Å². The van der Waals surface area contributed by atoms with E-state index in [1.807, 2.05) is 0 Å². The predicted molar refractivity (Wildman–Crippen MR) is 60.4 cm³/mol. The van der Waals surface area contributed by atoms with E-state index in [1.54, 1.807) is 14.0 Å². The number of sulfonamides is 1. The molecule has 0 fully saturated rings. The van der Waals surface area contributed by atoms with Gasteiger partial charge in [0, 0.05) is 19.7 Å². The number of carbonyl (C=O) groups is 1. The van der Waals surface area contributed by atoms with E-state index in [1.165, 1.54) is 4.90 Å². The van der Waals surface area contributed by atoms with Crippen LogP contribution in [0.2, 0.25) is 0 Å². The first kappa shape index (κ1) is 13.2. The van der Waals surface area contributed by atoms with Gasteiger partial charge in [-0.15, -0.1) is 0 Å². The summed E-state index contributed by atoms with van der Waals surface area (Å²) in [5.41, 5.74) is 0. The highest BCUT2D eigenvalue weighted by Crippen LogP contribution is 2.25. The van der Waals surface area contributed by atoms with Crippen LogP contribution in [0.3, 0.4) is 0 Å². The van der Waals surface area contributed by atoms with E-state index in [4.69, 9.17) is 9.56 Å². The molecule has 1 rings (SSSR count). The van der Waals surface area contributed by atoms with E-state index in [0.717, 1.165) is 6.07 Å². The monoisotopic (exact) mass is 310 g/mol. The molecule has 1 heterocycles. The molecule has 6 nitrogen and oxygen atoms in total. The van der Waals surface area contributed by atoms with Gasteiger partial charge in [-0.1, -0.05) is 0 Å². The molecule has 1 amide bonds. The Labute approximate surface area is 102 Å². The summed E-state index contributed by atoms with van der Waals surface area (Å²) < 4.78 is 27.1. The minimum absolute atomic E-state index is 0.0668. The number of furan rings is 1. The number of carbonyl (C=O) groups excluding carboxylic acids is 1. The maximum Gasteiger partial charge on any atom is 0.289 e. The number of nitrogens with zero attached hydrogens (tertiary/aromatic N) is 1. The number of halogens is 1. The van der Waals surface area contributed by atoms with E-state index >= 15 is 0 Å². The first-order valence-electron chi connectivity index (χ1n) is 4.35. The molecular formula is C8H11BrN2O4S. The molecule has 0 aliphatic carbocycles. The van der Waals surface area contributed by atoms with Crippen molar-refractivity contribution in [2.75, 3.05) is 13.6 Å². The van der Waals surface area contributed by atoms with Gasteiger partial charge < -0.3 is 9.32 Å². The molecule has 1 aromatic rings. The van der Waals surface area contributed by atoms with Gasteiger partial charge in [0.15, 0.2) is 10.4 Å². The summed E-state index contributed by atoms with van der Waals surface area (Å²) in [6, 6.07) is 1.11. The first-order valence-corrected chi connectivity index (χ1v) is 6.69. The molecule has 0 aromatic carbocycles. The van der Waals surface area contributed by atoms with Crippen LogP contribution < -0.4 is 5.14 Å². The molecule has 0 spiro atoms. The first-order chi connectivity index (χ1) is 7.27. The molecule has 0 radical (unpaired) electrons. The van der Waals surface area contributed by atoms with Gasteiger partial charge in [-0.05, 0) is 22.9 Å². The standard InChI is InChI=1S/C8H11BrN2O4S/c1-3-11(2)8(12)5-4-6(7(9)15-5)16(10,13)14/h4H,3H2,1-2H3,(H2,10,13,14). The molecule has 90 valence electrons. The van der Waals surface area contributed by atoms with Crippen LogP contribution in [0, 0.1) is 0 Å². The van der Waals surface area contributed by atoms with Crippen LogP contribution in [0.1, 0.15) is 17.5 Å². The fourth-order valence-corrected chi connectivity index (χ4v) is 2.49. The zero-order chi connectivity index (χ0) is 12.5. The van der Waals surface area contributed by atoms with E-state index in [2.05, 4.69) is 15.9 Å². The second kappa shape index (κ2) is 4.56. The summed E-state index contributed by atoms with van der Waals surface area (Å²) >= 11 is 2.90. The Morgan fingerprint density at radius 1 is 1.62 bits per heavy atom. The van der Waals surface area contributed by atoms with Crippen LogP contribution >= 0.6 is 15.9 Å². The summed E-state index contributed by atoms with van der Waals surface area (Å²) in [5.74, 6) is -0.474. The largest absolute Gasteiger partial charge is 0.443 e. The van der Waals surface area contributed by atoms with Crippen molar-refractivity contribution >= 4 is 31.9 Å². The minimum atomic E-state index is -3.89. The van der Waals surface area contributed by atoms with Crippen LogP contribution in [-0.4, -0.2) is 32.8 Å². The van der Waals surface area contributed by atoms with Crippen LogP contribution in [0.5, 0.6) is 0 Å². The van der Waals surface area contributed by atoms with Gasteiger partial charge in [0.05, 0.1) is 0 Å². The molecule has 2 N–H and O–H groups in total. The molecule has 8 heteroatoms. The second-order valence-corrected chi connectivity index (χ2v) is 5.36. The fourth-order valence-electron chi connectivity index (χ4n) is 0.983. The Kier molecular flexibility index (Phi) is 3.76. The average molecular weight is 311 g/mol. The summed E-state index contributed by atoms with van der Waals surface area (Å²) in [4.78, 5) is 12.8. The smallest absolute Gasteiger partial charge is 0.289 e. The maximum absolute atomic E-state index is 11.6. The highest BCUT2D eigenvalue weighted by atomic mass is 79.9. The molecular weight excluding hydrogens is 300 g/mol. The third kappa shape index (κ3) is 2.63. The highest BCUT2D eigenvalue weighted by Gasteiger charge is 2.23. The zero-order valence-corrected chi connectivity index (χ0v) is 11.1. The number of hydrogen-bond acceptors (Lipinski definition) is 4. The van der Waals surface area contributed by atoms with Gasteiger partial charge in [-0.2, -0.15) is 0 Å². The van der Waals surface area contributed by atoms with Crippen molar-refractivity contribution in [3.63, 3.8) is 0 Å². The van der Waals surface area contributed by atoms with Crippen molar-refractivity contribution in [2.45, 2.75) is 11.8 Å². The molecule has 16 heavy (non-hydrogen) atoms. The van der Waals surface area contributed by atoms with Crippen molar-refractivity contribution in [1.82, 2.24) is 4.90 Å². The van der Waals surface area contributed by atoms with Crippen molar-refractivity contribution in [3.05, 3.63) is 16.5 Å². The summed E-state index contributed by atoms with van der Waals surface area (Å²) in [7, 11) is -2.31. The lowest BCUT2D eigenvalue weighted by atomic mass is 10.4. The van der Waals surface area contributed by atoms with Crippen LogP contribution in [-0.2, 0) is 10.0 Å². The topological polar surface area (TPSA) is 93.6 Å². The van der Waals surface area contributed by atoms with Crippen LogP contribution in [0.4, 0.5) is 0 Å². The molecule has 1 aromatic heterocycles. The van der Waals surface area contributed by atoms with Crippen LogP contribution in [0.15, 0.2) is 20.0 Å². The third-order valence-corrected chi connectivity index (χ3v) is 3.76. The Morgan fingerprint density at radius 3 is 2.56 bits per heavy atom. The van der Waals surface area contributed by atoms with Gasteiger partial charge in [0.1, 0.15) is 4.90 Å². The average Bonchev–Trinajstić information content (AvgIpc) is 2.57. The lowest BCUT2D eigenvalue weighted by Crippen LogP contribution is -2.25. The SMILES string of the molecule is CCN(C)C(=O)c1cc(S(N)(=O)=O)c(Br)o1. The Morgan fingerprint density at radius 2 is 2.19 bits per heavy atom. The number of primary sulfonamides is 1. The minimum Gasteiger partial charge on any atom is -0.443 e. The molecule has 0 bridgehead atoms. The molecule has 0 unspecified atom stereocenters. The number of nitrogens with two attached hydrogens (primary N) is 1. The summed E-state index contributed by atoms with van der Waals surface area (Å²) in [6.07, 6.45) is 0. The molecule has 0 aliphatic heterocycles. The molecule has 0 atom stereocenters. The maximum atomic E-state index is 11.6. The normalized spacial score (nSPS) is 11.5. The molecule has 0 aliphatic rings. The van der Waals surface area contributed by atoms with E-state index in [-0.39, 0.29) is 15.3 Å². The van der Waals surface area contributed by atoms with Gasteiger partial charge in [0.2, 0.25) is 10.0 Å². The van der Waals surface area contributed by atoms with Gasteiger partial charge in [-0.3, -0.25) is 4.79 Å². The lowest BCUT2D eigenvalue weighted by Gasteiger charge is -2.11. The quantitative estimate of drug-likeness (QED) is 0.892. The van der Waals surface area contributed by atoms with Crippen molar-refractivity contribution in [3.8, 4) is 0 Å². The highest BCUT2D eigenvalue weighted by molar-refractivity contribution is 9.10.